The van der Waals surface area contributed by atoms with Gasteiger partial charge in [-0.25, -0.2) is 13.4 Å². The van der Waals surface area contributed by atoms with Gasteiger partial charge in [-0.3, -0.25) is 0 Å². The largest absolute Gasteiger partial charge is 0.354 e. The average molecular weight is 539 g/mol. The van der Waals surface area contributed by atoms with E-state index in [1.165, 1.54) is 5.56 Å². The van der Waals surface area contributed by atoms with Crippen LogP contribution in [0.1, 0.15) is 25.3 Å². The fourth-order valence-corrected chi connectivity index (χ4v) is 5.49. The lowest BCUT2D eigenvalue weighted by molar-refractivity contribution is 0.360. The lowest BCUT2D eigenvalue weighted by Crippen LogP contribution is -2.46. The minimum atomic E-state index is -3.44. The number of sulfonamides is 1. The predicted octanol–water partition coefficient (Wildman–Crippen LogP) is 3.14. The third-order valence-corrected chi connectivity index (χ3v) is 7.75. The van der Waals surface area contributed by atoms with E-state index >= 15 is 0 Å². The first-order valence-corrected chi connectivity index (χ1v) is 12.2. The molecule has 0 saturated carbocycles. The van der Waals surface area contributed by atoms with Crippen molar-refractivity contribution >= 4 is 53.1 Å². The maximum Gasteiger partial charge on any atom is 0.243 e. The molecule has 3 heterocycles. The Kier molecular flexibility index (Phi) is 11.9. The molecule has 2 saturated heterocycles. The van der Waals surface area contributed by atoms with E-state index in [-0.39, 0.29) is 37.2 Å². The van der Waals surface area contributed by atoms with Gasteiger partial charge >= 0.3 is 0 Å². The van der Waals surface area contributed by atoms with E-state index in [0.717, 1.165) is 43.1 Å². The number of benzene rings is 1. The van der Waals surface area contributed by atoms with Crippen molar-refractivity contribution < 1.29 is 8.42 Å². The minimum absolute atomic E-state index is 0. The lowest BCUT2D eigenvalue weighted by Gasteiger charge is -2.31. The van der Waals surface area contributed by atoms with Crippen molar-refractivity contribution in [3.8, 4) is 11.1 Å². The van der Waals surface area contributed by atoms with Crippen LogP contribution < -0.4 is 15.5 Å². The summed E-state index contributed by atoms with van der Waals surface area (Å²) in [5, 5.41) is 6.58. The van der Waals surface area contributed by atoms with Crippen LogP contribution in [-0.4, -0.2) is 70.1 Å². The van der Waals surface area contributed by atoms with Crippen LogP contribution in [0.5, 0.6) is 0 Å². The Hall–Kier alpha value is -1.13. The summed E-state index contributed by atoms with van der Waals surface area (Å²) < 4.78 is 27.3. The molecule has 2 aliphatic rings. The normalized spacial score (nSPS) is 17.0. The van der Waals surface area contributed by atoms with E-state index < -0.39 is 10.0 Å². The molecule has 0 atom stereocenters. The van der Waals surface area contributed by atoms with Gasteiger partial charge in [0.2, 0.25) is 10.0 Å². The summed E-state index contributed by atoms with van der Waals surface area (Å²) >= 11 is 0. The van der Waals surface area contributed by atoms with Crippen LogP contribution in [0.2, 0.25) is 0 Å². The van der Waals surface area contributed by atoms with E-state index in [0.29, 0.717) is 37.0 Å². The van der Waals surface area contributed by atoms with Crippen LogP contribution in [0.25, 0.3) is 11.1 Å². The molecule has 2 aromatic rings. The highest BCUT2D eigenvalue weighted by atomic mass is 35.5. The highest BCUT2D eigenvalue weighted by Crippen LogP contribution is 2.31. The summed E-state index contributed by atoms with van der Waals surface area (Å²) in [6.45, 7) is 10.7. The number of hydrogen-bond donors (Lipinski definition) is 2. The van der Waals surface area contributed by atoms with E-state index in [2.05, 4.69) is 35.4 Å². The molecule has 4 rings (SSSR count). The summed E-state index contributed by atoms with van der Waals surface area (Å²) in [4.78, 5) is 7.50. The Balaban J connectivity index is 0.00000181. The van der Waals surface area contributed by atoms with Crippen molar-refractivity contribution in [2.75, 3.05) is 57.3 Å². The topological polar surface area (TPSA) is 77.6 Å². The number of rotatable bonds is 5. The summed E-state index contributed by atoms with van der Waals surface area (Å²) in [6, 6.07) is 9.41. The van der Waals surface area contributed by atoms with Crippen LogP contribution in [-0.2, 0) is 10.0 Å². The minimum Gasteiger partial charge on any atom is -0.354 e. The monoisotopic (exact) mass is 537 g/mol. The number of nitrogens with one attached hydrogen (secondary N) is 2. The second-order valence-electron chi connectivity index (χ2n) is 8.21. The highest BCUT2D eigenvalue weighted by molar-refractivity contribution is 7.89. The summed E-state index contributed by atoms with van der Waals surface area (Å²) in [5.74, 6) is 1.42. The molecule has 0 bridgehead atoms. The van der Waals surface area contributed by atoms with Crippen molar-refractivity contribution in [3.63, 3.8) is 0 Å². The van der Waals surface area contributed by atoms with Gasteiger partial charge in [0.15, 0.2) is 0 Å². The molecule has 2 aliphatic heterocycles. The van der Waals surface area contributed by atoms with Gasteiger partial charge in [0.05, 0.1) is 4.90 Å². The van der Waals surface area contributed by atoms with Crippen LogP contribution in [0.15, 0.2) is 41.4 Å². The van der Waals surface area contributed by atoms with Crippen LogP contribution in [0.3, 0.4) is 0 Å². The molecule has 0 amide bonds. The third-order valence-electron chi connectivity index (χ3n) is 5.84. The van der Waals surface area contributed by atoms with Crippen molar-refractivity contribution in [1.29, 1.82) is 0 Å². The fraction of sp³-hybridized carbons (Fsp3) is 0.500. The van der Waals surface area contributed by atoms with Gasteiger partial charge in [-0.15, -0.1) is 37.2 Å². The van der Waals surface area contributed by atoms with Gasteiger partial charge in [0.25, 0.3) is 0 Å². The Morgan fingerprint density at radius 3 is 1.94 bits per heavy atom. The molecule has 1 aromatic heterocycles. The van der Waals surface area contributed by atoms with Gasteiger partial charge in [0, 0.05) is 64.1 Å². The van der Waals surface area contributed by atoms with Gasteiger partial charge < -0.3 is 15.5 Å². The van der Waals surface area contributed by atoms with Gasteiger partial charge in [-0.1, -0.05) is 26.0 Å². The first-order chi connectivity index (χ1) is 14.5. The van der Waals surface area contributed by atoms with Crippen molar-refractivity contribution in [1.82, 2.24) is 19.9 Å². The fourth-order valence-electron chi connectivity index (χ4n) is 4.05. The van der Waals surface area contributed by atoms with E-state index in [4.69, 9.17) is 4.98 Å². The molecular formula is C22H34Cl3N5O2S. The zero-order valence-electron chi connectivity index (χ0n) is 19.0. The predicted molar refractivity (Wildman–Crippen MR) is 142 cm³/mol. The molecule has 0 radical (unpaired) electrons. The zero-order valence-corrected chi connectivity index (χ0v) is 22.3. The molecule has 186 valence electrons. The first kappa shape index (κ1) is 29.9. The molecule has 7 nitrogen and oxygen atoms in total. The molecule has 0 spiro atoms. The maximum atomic E-state index is 12.9. The molecule has 0 aliphatic carbocycles. The standard InChI is InChI=1S/C22H31N5O2S.3ClH/c1-17(2)21-15-19(16-25-22(21)26-11-7-23-8-12-26)18-3-5-20(6-4-18)30(28,29)27-13-9-24-10-14-27;;;/h3-6,15-17,23-24H,7-14H2,1-2H3;3*1H. The Morgan fingerprint density at radius 2 is 1.39 bits per heavy atom. The van der Waals surface area contributed by atoms with Crippen molar-refractivity contribution in [2.45, 2.75) is 24.7 Å². The number of anilines is 1. The zero-order chi connectivity index (χ0) is 21.1. The van der Waals surface area contributed by atoms with Crippen LogP contribution >= 0.6 is 37.2 Å². The second kappa shape index (κ2) is 13.1. The average Bonchev–Trinajstić information content (AvgIpc) is 2.80. The molecule has 2 N–H and O–H groups in total. The summed E-state index contributed by atoms with van der Waals surface area (Å²) in [6.07, 6.45) is 1.91. The Labute approximate surface area is 216 Å². The number of hydrogen-bond acceptors (Lipinski definition) is 6. The molecular weight excluding hydrogens is 505 g/mol. The lowest BCUT2D eigenvalue weighted by atomic mass is 9.98. The van der Waals surface area contributed by atoms with Crippen molar-refractivity contribution in [3.05, 3.63) is 42.1 Å². The SMILES string of the molecule is CC(C)c1cc(-c2ccc(S(=O)(=O)N3CCNCC3)cc2)cnc1N1CCNCC1.Cl.Cl.Cl. The molecule has 33 heavy (non-hydrogen) atoms. The van der Waals surface area contributed by atoms with Crippen LogP contribution in [0.4, 0.5) is 5.82 Å². The first-order valence-electron chi connectivity index (χ1n) is 10.7. The molecule has 1 aromatic carbocycles. The van der Waals surface area contributed by atoms with Crippen LogP contribution in [0, 0.1) is 0 Å². The van der Waals surface area contributed by atoms with Crippen molar-refractivity contribution in [2.24, 2.45) is 0 Å². The quantitative estimate of drug-likeness (QED) is 0.609. The number of aromatic nitrogens is 1. The number of halogens is 3. The van der Waals surface area contributed by atoms with E-state index in [1.807, 2.05) is 18.3 Å². The van der Waals surface area contributed by atoms with E-state index in [9.17, 15) is 8.42 Å². The second-order valence-corrected chi connectivity index (χ2v) is 10.1. The van der Waals surface area contributed by atoms with Gasteiger partial charge in [-0.05, 0) is 35.2 Å². The number of piperazine rings is 2. The molecule has 2 fully saturated rings. The van der Waals surface area contributed by atoms with Gasteiger partial charge in [0.1, 0.15) is 5.82 Å². The van der Waals surface area contributed by atoms with E-state index in [1.54, 1.807) is 16.4 Å². The van der Waals surface area contributed by atoms with Gasteiger partial charge in [-0.2, -0.15) is 4.31 Å². The Bertz CT molecular complexity index is 978. The smallest absolute Gasteiger partial charge is 0.243 e. The third kappa shape index (κ3) is 6.72. The summed E-state index contributed by atoms with van der Waals surface area (Å²) in [7, 11) is -3.44. The molecule has 11 heteroatoms. The Morgan fingerprint density at radius 1 is 0.848 bits per heavy atom. The molecule has 0 unspecified atom stereocenters. The number of pyridine rings is 1. The highest BCUT2D eigenvalue weighted by Gasteiger charge is 2.25. The maximum absolute atomic E-state index is 12.9. The number of nitrogens with zero attached hydrogens (tertiary/aromatic N) is 3. The summed E-state index contributed by atoms with van der Waals surface area (Å²) in [5.41, 5.74) is 3.23.